The van der Waals surface area contributed by atoms with Gasteiger partial charge in [0.15, 0.2) is 0 Å². The van der Waals surface area contributed by atoms with E-state index < -0.39 is 0 Å². The number of aromatic nitrogens is 2. The molecule has 0 aliphatic carbocycles. The van der Waals surface area contributed by atoms with E-state index in [2.05, 4.69) is 24.0 Å². The third kappa shape index (κ3) is 2.26. The maximum absolute atomic E-state index is 6.24. The first kappa shape index (κ1) is 11.6. The van der Waals surface area contributed by atoms with Crippen LogP contribution in [0.2, 0.25) is 0 Å². The van der Waals surface area contributed by atoms with Crippen LogP contribution in [-0.2, 0) is 11.3 Å². The van der Waals surface area contributed by atoms with Crippen LogP contribution in [0.3, 0.4) is 0 Å². The molecule has 2 rings (SSSR count). The summed E-state index contributed by atoms with van der Waals surface area (Å²) in [7, 11) is 2.10. The highest BCUT2D eigenvalue weighted by Crippen LogP contribution is 2.19. The molecule has 2 heterocycles. The summed E-state index contributed by atoms with van der Waals surface area (Å²) >= 11 is 0. The molecule has 1 aliphatic rings. The van der Waals surface area contributed by atoms with E-state index in [0.29, 0.717) is 0 Å². The number of hydrogen-bond acceptors (Lipinski definition) is 4. The molecule has 0 spiro atoms. The van der Waals surface area contributed by atoms with E-state index >= 15 is 0 Å². The average molecular weight is 224 g/mol. The van der Waals surface area contributed by atoms with Gasteiger partial charge >= 0.3 is 0 Å². The van der Waals surface area contributed by atoms with Crippen molar-refractivity contribution in [2.45, 2.75) is 25.6 Å². The van der Waals surface area contributed by atoms with Crippen molar-refractivity contribution in [3.63, 3.8) is 0 Å². The molecule has 0 aromatic carbocycles. The molecule has 2 unspecified atom stereocenters. The third-order valence-electron chi connectivity index (χ3n) is 3.09. The van der Waals surface area contributed by atoms with Crippen molar-refractivity contribution in [1.82, 2.24) is 14.7 Å². The van der Waals surface area contributed by atoms with Crippen LogP contribution < -0.4 is 5.73 Å². The Bertz CT molecular complexity index is 338. The van der Waals surface area contributed by atoms with Crippen LogP contribution >= 0.6 is 0 Å². The molecule has 1 fully saturated rings. The monoisotopic (exact) mass is 224 g/mol. The Morgan fingerprint density at radius 1 is 1.69 bits per heavy atom. The van der Waals surface area contributed by atoms with E-state index in [-0.39, 0.29) is 12.1 Å². The van der Waals surface area contributed by atoms with Gasteiger partial charge in [0.1, 0.15) is 0 Å². The van der Waals surface area contributed by atoms with Gasteiger partial charge in [0.2, 0.25) is 0 Å². The first-order chi connectivity index (χ1) is 7.72. The molecule has 1 aromatic heterocycles. The standard InChI is InChI=1S/C11H20N4O/c1-3-15-9(4-5-13-15)11(12)10-8-14(2)6-7-16-10/h4-5,10-11H,3,6-8,12H2,1-2H3. The number of morpholine rings is 1. The number of rotatable bonds is 3. The number of ether oxygens (including phenoxy) is 1. The van der Waals surface area contributed by atoms with Gasteiger partial charge in [0.05, 0.1) is 24.4 Å². The van der Waals surface area contributed by atoms with E-state index in [0.717, 1.165) is 31.9 Å². The molecule has 0 saturated carbocycles. The summed E-state index contributed by atoms with van der Waals surface area (Å²) in [6.45, 7) is 5.54. The van der Waals surface area contributed by atoms with Crippen molar-refractivity contribution in [2.75, 3.05) is 26.7 Å². The van der Waals surface area contributed by atoms with Crippen LogP contribution in [0.1, 0.15) is 18.7 Å². The summed E-state index contributed by atoms with van der Waals surface area (Å²) in [6, 6.07) is 1.89. The maximum Gasteiger partial charge on any atom is 0.0909 e. The summed E-state index contributed by atoms with van der Waals surface area (Å²) in [5.74, 6) is 0. The van der Waals surface area contributed by atoms with Gasteiger partial charge in [0, 0.05) is 25.8 Å². The van der Waals surface area contributed by atoms with Crippen LogP contribution in [-0.4, -0.2) is 47.5 Å². The van der Waals surface area contributed by atoms with Crippen molar-refractivity contribution in [3.05, 3.63) is 18.0 Å². The second-order valence-electron chi connectivity index (χ2n) is 4.27. The minimum Gasteiger partial charge on any atom is -0.374 e. The van der Waals surface area contributed by atoms with Crippen molar-refractivity contribution in [3.8, 4) is 0 Å². The molecule has 2 N–H and O–H groups in total. The zero-order valence-electron chi connectivity index (χ0n) is 9.97. The Kier molecular flexibility index (Phi) is 3.58. The number of likely N-dealkylation sites (N-methyl/N-ethyl adjacent to an activating group) is 1. The molecular weight excluding hydrogens is 204 g/mol. The highest BCUT2D eigenvalue weighted by Gasteiger charge is 2.27. The zero-order chi connectivity index (χ0) is 11.5. The predicted octanol–water partition coefficient (Wildman–Crippen LogP) is 0.233. The normalized spacial score (nSPS) is 24.6. The Balaban J connectivity index is 2.09. The second-order valence-corrected chi connectivity index (χ2v) is 4.27. The summed E-state index contributed by atoms with van der Waals surface area (Å²) in [5, 5.41) is 4.24. The van der Waals surface area contributed by atoms with Gasteiger partial charge < -0.3 is 15.4 Å². The van der Waals surface area contributed by atoms with Crippen molar-refractivity contribution < 1.29 is 4.74 Å². The zero-order valence-corrected chi connectivity index (χ0v) is 9.97. The molecule has 16 heavy (non-hydrogen) atoms. The Labute approximate surface area is 96.2 Å². The largest absolute Gasteiger partial charge is 0.374 e. The lowest BCUT2D eigenvalue weighted by Gasteiger charge is -2.33. The van der Waals surface area contributed by atoms with Crippen molar-refractivity contribution >= 4 is 0 Å². The Hall–Kier alpha value is -0.910. The maximum atomic E-state index is 6.24. The molecule has 0 bridgehead atoms. The molecule has 0 amide bonds. The van der Waals surface area contributed by atoms with Crippen molar-refractivity contribution in [2.24, 2.45) is 5.73 Å². The Morgan fingerprint density at radius 3 is 3.19 bits per heavy atom. The fraction of sp³-hybridized carbons (Fsp3) is 0.727. The first-order valence-corrected chi connectivity index (χ1v) is 5.79. The lowest BCUT2D eigenvalue weighted by atomic mass is 10.1. The van der Waals surface area contributed by atoms with E-state index in [4.69, 9.17) is 10.5 Å². The van der Waals surface area contributed by atoms with Crippen LogP contribution in [0.15, 0.2) is 12.3 Å². The minimum absolute atomic E-state index is 0.0701. The summed E-state index contributed by atoms with van der Waals surface area (Å²) in [4.78, 5) is 2.25. The molecular formula is C11H20N4O. The highest BCUT2D eigenvalue weighted by atomic mass is 16.5. The molecule has 1 aliphatic heterocycles. The lowest BCUT2D eigenvalue weighted by Crippen LogP contribution is -2.45. The highest BCUT2D eigenvalue weighted by molar-refractivity contribution is 5.09. The summed E-state index contributed by atoms with van der Waals surface area (Å²) < 4.78 is 7.66. The van der Waals surface area contributed by atoms with Gasteiger partial charge in [-0.25, -0.2) is 0 Å². The van der Waals surface area contributed by atoms with Gasteiger partial charge in [-0.2, -0.15) is 5.10 Å². The smallest absolute Gasteiger partial charge is 0.0909 e. The van der Waals surface area contributed by atoms with Crippen LogP contribution in [0.4, 0.5) is 0 Å². The molecule has 90 valence electrons. The van der Waals surface area contributed by atoms with E-state index in [1.807, 2.05) is 10.7 Å². The van der Waals surface area contributed by atoms with Crippen LogP contribution in [0.5, 0.6) is 0 Å². The second kappa shape index (κ2) is 4.95. The fourth-order valence-electron chi connectivity index (χ4n) is 2.11. The number of hydrogen-bond donors (Lipinski definition) is 1. The minimum atomic E-state index is -0.0924. The van der Waals surface area contributed by atoms with Crippen LogP contribution in [0.25, 0.3) is 0 Å². The first-order valence-electron chi connectivity index (χ1n) is 5.79. The van der Waals surface area contributed by atoms with Gasteiger partial charge in [-0.05, 0) is 20.0 Å². The number of aryl methyl sites for hydroxylation is 1. The fourth-order valence-corrected chi connectivity index (χ4v) is 2.11. The molecule has 0 radical (unpaired) electrons. The average Bonchev–Trinajstić information content (AvgIpc) is 2.76. The van der Waals surface area contributed by atoms with Gasteiger partial charge in [-0.1, -0.05) is 0 Å². The lowest BCUT2D eigenvalue weighted by molar-refractivity contribution is -0.0338. The topological polar surface area (TPSA) is 56.3 Å². The van der Waals surface area contributed by atoms with E-state index in [9.17, 15) is 0 Å². The summed E-state index contributed by atoms with van der Waals surface area (Å²) in [6.07, 6.45) is 1.87. The third-order valence-corrected chi connectivity index (χ3v) is 3.09. The Morgan fingerprint density at radius 2 is 2.50 bits per heavy atom. The number of nitrogens with two attached hydrogens (primary N) is 1. The van der Waals surface area contributed by atoms with E-state index in [1.165, 1.54) is 0 Å². The van der Waals surface area contributed by atoms with Crippen molar-refractivity contribution in [1.29, 1.82) is 0 Å². The van der Waals surface area contributed by atoms with Gasteiger partial charge in [-0.15, -0.1) is 0 Å². The van der Waals surface area contributed by atoms with E-state index in [1.54, 1.807) is 6.20 Å². The SMILES string of the molecule is CCn1nccc1C(N)C1CN(C)CCO1. The molecule has 1 saturated heterocycles. The number of nitrogens with zero attached hydrogens (tertiary/aromatic N) is 3. The molecule has 2 atom stereocenters. The molecule has 1 aromatic rings. The summed E-state index contributed by atoms with van der Waals surface area (Å²) in [5.41, 5.74) is 7.30. The molecule has 5 heteroatoms. The quantitative estimate of drug-likeness (QED) is 0.798. The predicted molar refractivity (Wildman–Crippen MR) is 62.1 cm³/mol. The van der Waals surface area contributed by atoms with Gasteiger partial charge in [0.25, 0.3) is 0 Å². The molecule has 5 nitrogen and oxygen atoms in total. The van der Waals surface area contributed by atoms with Crippen LogP contribution in [0, 0.1) is 0 Å². The van der Waals surface area contributed by atoms with Gasteiger partial charge in [-0.3, -0.25) is 4.68 Å².